The molecule has 0 aliphatic carbocycles. The summed E-state index contributed by atoms with van der Waals surface area (Å²) in [4.78, 5) is 47.2. The van der Waals surface area contributed by atoms with Gasteiger partial charge >= 0.3 is 17.8 Å². The molecule has 0 aliphatic heterocycles. The first-order chi connectivity index (χ1) is 13.8. The summed E-state index contributed by atoms with van der Waals surface area (Å²) < 4.78 is 11.2. The number of nitrogens with one attached hydrogen (secondary N) is 1. The smallest absolute Gasteiger partial charge is 0.389 e. The highest BCUT2D eigenvalue weighted by atomic mass is 32.1. The maximum Gasteiger partial charge on any atom is 0.389 e. The number of ether oxygens (including phenoxy) is 2. The fraction of sp³-hybridized carbons (Fsp3) is 0.412. The molecule has 2 rings (SSSR count). The molecule has 2 aromatic rings. The lowest BCUT2D eigenvalue weighted by Crippen LogP contribution is -2.20. The SMILES string of the molecule is CCCOC(=O)c1c(NC(=O)Cn2ccc([N+](=O)[O-])n2)sc(C(=O)OCC)c1C. The topological polar surface area (TPSA) is 143 Å². The molecule has 2 heterocycles. The molecule has 1 N–H and O–H groups in total. The van der Waals surface area contributed by atoms with Gasteiger partial charge in [0.05, 0.1) is 36.1 Å². The molecular formula is C17H20N4O7S. The molecule has 0 aromatic carbocycles. The Balaban J connectivity index is 2.27. The van der Waals surface area contributed by atoms with E-state index in [4.69, 9.17) is 9.47 Å². The number of carbonyl (C=O) groups is 3. The number of carbonyl (C=O) groups excluding carboxylic acids is 3. The number of anilines is 1. The molecule has 2 aromatic heterocycles. The van der Waals surface area contributed by atoms with Gasteiger partial charge in [-0.1, -0.05) is 6.92 Å². The number of nitrogens with zero attached hydrogens (tertiary/aromatic N) is 3. The third-order valence-corrected chi connectivity index (χ3v) is 4.81. The maximum atomic E-state index is 12.4. The zero-order chi connectivity index (χ0) is 21.6. The van der Waals surface area contributed by atoms with E-state index in [1.165, 1.54) is 6.20 Å². The van der Waals surface area contributed by atoms with Crippen molar-refractivity contribution < 1.29 is 28.8 Å². The van der Waals surface area contributed by atoms with Gasteiger partial charge in [-0.3, -0.25) is 4.79 Å². The van der Waals surface area contributed by atoms with Crippen LogP contribution in [0.25, 0.3) is 0 Å². The summed E-state index contributed by atoms with van der Waals surface area (Å²) in [5.74, 6) is -2.24. The second-order valence-electron chi connectivity index (χ2n) is 5.79. The molecule has 0 radical (unpaired) electrons. The summed E-state index contributed by atoms with van der Waals surface area (Å²) >= 11 is 0.900. The zero-order valence-corrected chi connectivity index (χ0v) is 16.9. The normalized spacial score (nSPS) is 10.4. The Hall–Kier alpha value is -3.28. The Labute approximate surface area is 169 Å². The molecule has 0 aliphatic rings. The van der Waals surface area contributed by atoms with Gasteiger partial charge in [0.2, 0.25) is 5.91 Å². The van der Waals surface area contributed by atoms with Gasteiger partial charge in [-0.25, -0.2) is 9.59 Å². The van der Waals surface area contributed by atoms with E-state index in [1.807, 2.05) is 6.92 Å². The minimum Gasteiger partial charge on any atom is -0.462 e. The van der Waals surface area contributed by atoms with Crippen molar-refractivity contribution in [2.75, 3.05) is 18.5 Å². The van der Waals surface area contributed by atoms with Crippen LogP contribution in [-0.4, -0.2) is 45.8 Å². The zero-order valence-electron chi connectivity index (χ0n) is 16.1. The molecule has 0 bridgehead atoms. The number of hydrogen-bond acceptors (Lipinski definition) is 9. The van der Waals surface area contributed by atoms with Crippen molar-refractivity contribution in [1.29, 1.82) is 0 Å². The van der Waals surface area contributed by atoms with E-state index in [0.29, 0.717) is 12.0 Å². The van der Waals surface area contributed by atoms with E-state index >= 15 is 0 Å². The highest BCUT2D eigenvalue weighted by molar-refractivity contribution is 7.18. The molecule has 0 atom stereocenters. The van der Waals surface area contributed by atoms with Crippen LogP contribution in [0.15, 0.2) is 12.3 Å². The number of amides is 1. The maximum absolute atomic E-state index is 12.4. The lowest BCUT2D eigenvalue weighted by Gasteiger charge is -2.07. The van der Waals surface area contributed by atoms with Gasteiger partial charge < -0.3 is 24.9 Å². The fourth-order valence-corrected chi connectivity index (χ4v) is 3.46. The molecule has 0 fully saturated rings. The highest BCUT2D eigenvalue weighted by Gasteiger charge is 2.27. The summed E-state index contributed by atoms with van der Waals surface area (Å²) in [6.07, 6.45) is 1.90. The van der Waals surface area contributed by atoms with Gasteiger partial charge in [0, 0.05) is 0 Å². The average molecular weight is 424 g/mol. The van der Waals surface area contributed by atoms with Crippen molar-refractivity contribution in [3.05, 3.63) is 38.4 Å². The second kappa shape index (κ2) is 9.78. The molecule has 1 amide bonds. The van der Waals surface area contributed by atoms with E-state index in [2.05, 4.69) is 10.4 Å². The van der Waals surface area contributed by atoms with Crippen LogP contribution in [-0.2, 0) is 20.8 Å². The van der Waals surface area contributed by atoms with Crippen molar-refractivity contribution in [2.45, 2.75) is 33.7 Å². The van der Waals surface area contributed by atoms with Crippen LogP contribution < -0.4 is 5.32 Å². The van der Waals surface area contributed by atoms with Crippen molar-refractivity contribution >= 4 is 40.0 Å². The Morgan fingerprint density at radius 2 is 2.00 bits per heavy atom. The van der Waals surface area contributed by atoms with E-state index in [9.17, 15) is 24.5 Å². The standard InChI is InChI=1S/C17H20N4O7S/c1-4-8-28-16(23)13-10(3)14(17(24)27-5-2)29-15(13)18-12(22)9-20-7-6-11(19-20)21(25)26/h6-7H,4-5,8-9H2,1-3H3,(H,18,22). The first-order valence-electron chi connectivity index (χ1n) is 8.73. The number of esters is 2. The van der Waals surface area contributed by atoms with Crippen LogP contribution in [0.3, 0.4) is 0 Å². The van der Waals surface area contributed by atoms with Crippen molar-refractivity contribution in [3.63, 3.8) is 0 Å². The van der Waals surface area contributed by atoms with Crippen molar-refractivity contribution in [2.24, 2.45) is 0 Å². The van der Waals surface area contributed by atoms with Crippen LogP contribution in [0.1, 0.15) is 45.9 Å². The molecule has 29 heavy (non-hydrogen) atoms. The average Bonchev–Trinajstić information content (AvgIpc) is 3.24. The van der Waals surface area contributed by atoms with Crippen molar-refractivity contribution in [1.82, 2.24) is 9.78 Å². The molecule has 0 spiro atoms. The summed E-state index contributed by atoms with van der Waals surface area (Å²) in [5, 5.41) is 17.0. The number of rotatable bonds is 9. The second-order valence-corrected chi connectivity index (χ2v) is 6.81. The lowest BCUT2D eigenvalue weighted by atomic mass is 10.1. The summed E-state index contributed by atoms with van der Waals surface area (Å²) in [7, 11) is 0. The summed E-state index contributed by atoms with van der Waals surface area (Å²) in [5.41, 5.74) is 0.422. The number of aromatic nitrogens is 2. The van der Waals surface area contributed by atoms with Crippen LogP contribution in [0, 0.1) is 17.0 Å². The third kappa shape index (κ3) is 5.38. The van der Waals surface area contributed by atoms with Crippen LogP contribution in [0.5, 0.6) is 0 Å². The Morgan fingerprint density at radius 1 is 1.28 bits per heavy atom. The van der Waals surface area contributed by atoms with Gasteiger partial charge in [0.15, 0.2) is 0 Å². The van der Waals surface area contributed by atoms with Gasteiger partial charge in [0.25, 0.3) is 0 Å². The van der Waals surface area contributed by atoms with E-state index < -0.39 is 28.6 Å². The van der Waals surface area contributed by atoms with Gasteiger partial charge in [-0.15, -0.1) is 11.3 Å². The lowest BCUT2D eigenvalue weighted by molar-refractivity contribution is -0.389. The Morgan fingerprint density at radius 3 is 2.59 bits per heavy atom. The third-order valence-electron chi connectivity index (χ3n) is 3.62. The first kappa shape index (κ1) is 22.0. The quantitative estimate of drug-likeness (QED) is 0.367. The fourth-order valence-electron chi connectivity index (χ4n) is 2.36. The van der Waals surface area contributed by atoms with Gasteiger partial charge in [-0.2, -0.15) is 4.68 Å². The summed E-state index contributed by atoms with van der Waals surface area (Å²) in [6, 6.07) is 1.16. The predicted molar refractivity (Wildman–Crippen MR) is 103 cm³/mol. The molecule has 0 saturated heterocycles. The molecule has 0 unspecified atom stereocenters. The Kier molecular flexibility index (Phi) is 7.42. The number of hydrogen-bond donors (Lipinski definition) is 1. The van der Waals surface area contributed by atoms with E-state index in [0.717, 1.165) is 22.1 Å². The van der Waals surface area contributed by atoms with Crippen LogP contribution in [0.2, 0.25) is 0 Å². The first-order valence-corrected chi connectivity index (χ1v) is 9.55. The predicted octanol–water partition coefficient (Wildman–Crippen LogP) is 2.54. The Bertz CT molecular complexity index is 934. The van der Waals surface area contributed by atoms with Gasteiger partial charge in [-0.05, 0) is 30.8 Å². The summed E-state index contributed by atoms with van der Waals surface area (Å²) in [6.45, 7) is 5.09. The number of thiophene rings is 1. The molecule has 0 saturated carbocycles. The van der Waals surface area contributed by atoms with Crippen LogP contribution >= 0.6 is 11.3 Å². The largest absolute Gasteiger partial charge is 0.462 e. The molecular weight excluding hydrogens is 404 g/mol. The monoisotopic (exact) mass is 424 g/mol. The van der Waals surface area contributed by atoms with E-state index in [-0.39, 0.29) is 35.2 Å². The van der Waals surface area contributed by atoms with Crippen LogP contribution in [0.4, 0.5) is 10.8 Å². The highest BCUT2D eigenvalue weighted by Crippen LogP contribution is 2.34. The molecule has 156 valence electrons. The van der Waals surface area contributed by atoms with Gasteiger partial charge in [0.1, 0.15) is 16.4 Å². The number of nitro groups is 1. The van der Waals surface area contributed by atoms with Crippen molar-refractivity contribution in [3.8, 4) is 0 Å². The molecule has 12 heteroatoms. The minimum absolute atomic E-state index is 0.0753. The van der Waals surface area contributed by atoms with E-state index in [1.54, 1.807) is 13.8 Å². The molecule has 11 nitrogen and oxygen atoms in total. The minimum atomic E-state index is -0.676.